The molecule has 0 saturated heterocycles. The average Bonchev–Trinajstić information content (AvgIpc) is 3.30. The molecule has 1 aliphatic carbocycles. The minimum Gasteiger partial charge on any atom is -0.394 e. The van der Waals surface area contributed by atoms with Crippen LogP contribution in [-0.4, -0.2) is 29.3 Å². The van der Waals surface area contributed by atoms with Crippen molar-refractivity contribution in [2.24, 2.45) is 5.92 Å². The smallest absolute Gasteiger partial charge is 0.249 e. The summed E-state index contributed by atoms with van der Waals surface area (Å²) < 4.78 is 5.59. The predicted molar refractivity (Wildman–Crippen MR) is 77.1 cm³/mol. The fourth-order valence-electron chi connectivity index (χ4n) is 2.25. The van der Waals surface area contributed by atoms with Crippen molar-refractivity contribution in [2.45, 2.75) is 44.9 Å². The Morgan fingerprint density at radius 3 is 2.65 bits per heavy atom. The summed E-state index contributed by atoms with van der Waals surface area (Å²) >= 11 is 0. The zero-order valence-corrected chi connectivity index (χ0v) is 12.1. The van der Waals surface area contributed by atoms with Crippen LogP contribution in [0.2, 0.25) is 0 Å². The Morgan fingerprint density at radius 2 is 2.10 bits per heavy atom. The van der Waals surface area contributed by atoms with E-state index >= 15 is 0 Å². The first-order valence-corrected chi connectivity index (χ1v) is 7.13. The van der Waals surface area contributed by atoms with Gasteiger partial charge in [-0.15, -0.1) is 0 Å². The highest BCUT2D eigenvalue weighted by atomic mass is 16.5. The van der Waals surface area contributed by atoms with E-state index in [9.17, 15) is 9.90 Å². The standard InChI is InChI=1S/C16H23NO3/c1-12(20-10-13-6-4-3-5-7-13)15(19)17-16(2,11-18)14-8-9-14/h3-7,12,14,18H,8-11H2,1-2H3,(H,17,19). The van der Waals surface area contributed by atoms with Crippen LogP contribution < -0.4 is 5.32 Å². The molecule has 2 rings (SSSR count). The molecule has 0 aliphatic heterocycles. The van der Waals surface area contributed by atoms with E-state index in [-0.39, 0.29) is 12.5 Å². The molecule has 1 saturated carbocycles. The van der Waals surface area contributed by atoms with Gasteiger partial charge in [-0.2, -0.15) is 0 Å². The summed E-state index contributed by atoms with van der Waals surface area (Å²) in [5, 5.41) is 12.4. The molecule has 20 heavy (non-hydrogen) atoms. The number of ether oxygens (including phenoxy) is 1. The van der Waals surface area contributed by atoms with Crippen LogP contribution in [-0.2, 0) is 16.1 Å². The summed E-state index contributed by atoms with van der Waals surface area (Å²) in [4.78, 5) is 12.1. The third kappa shape index (κ3) is 3.81. The monoisotopic (exact) mass is 277 g/mol. The SMILES string of the molecule is CC(OCc1ccccc1)C(=O)NC(C)(CO)C1CC1. The second kappa shape index (κ2) is 6.37. The van der Waals surface area contributed by atoms with Crippen molar-refractivity contribution in [2.75, 3.05) is 6.61 Å². The van der Waals surface area contributed by atoms with Gasteiger partial charge in [-0.25, -0.2) is 0 Å². The number of carbonyl (C=O) groups is 1. The number of hydrogen-bond acceptors (Lipinski definition) is 3. The quantitative estimate of drug-likeness (QED) is 0.800. The molecule has 1 aromatic carbocycles. The first-order chi connectivity index (χ1) is 9.55. The van der Waals surface area contributed by atoms with E-state index in [0.29, 0.717) is 12.5 Å². The molecule has 0 spiro atoms. The minimum absolute atomic E-state index is 0.0329. The zero-order valence-electron chi connectivity index (χ0n) is 12.1. The van der Waals surface area contributed by atoms with Crippen LogP contribution >= 0.6 is 0 Å². The lowest BCUT2D eigenvalue weighted by Crippen LogP contribution is -2.53. The van der Waals surface area contributed by atoms with E-state index in [0.717, 1.165) is 18.4 Å². The van der Waals surface area contributed by atoms with Gasteiger partial charge >= 0.3 is 0 Å². The molecule has 2 N–H and O–H groups in total. The van der Waals surface area contributed by atoms with Gasteiger partial charge in [0.05, 0.1) is 18.8 Å². The maximum Gasteiger partial charge on any atom is 0.249 e. The summed E-state index contributed by atoms with van der Waals surface area (Å²) in [6.07, 6.45) is 1.60. The van der Waals surface area contributed by atoms with Crippen molar-refractivity contribution in [1.29, 1.82) is 0 Å². The lowest BCUT2D eigenvalue weighted by Gasteiger charge is -2.30. The summed E-state index contributed by atoms with van der Waals surface area (Å²) in [5.74, 6) is 0.224. The third-order valence-electron chi connectivity index (χ3n) is 3.93. The summed E-state index contributed by atoms with van der Waals surface area (Å²) in [5.41, 5.74) is 0.529. The Morgan fingerprint density at radius 1 is 1.45 bits per heavy atom. The van der Waals surface area contributed by atoms with Gasteiger partial charge in [0, 0.05) is 0 Å². The number of hydrogen-bond donors (Lipinski definition) is 2. The predicted octanol–water partition coefficient (Wildman–Crippen LogP) is 1.87. The molecule has 0 aromatic heterocycles. The Hall–Kier alpha value is -1.39. The van der Waals surface area contributed by atoms with Crippen LogP contribution in [0.5, 0.6) is 0 Å². The molecule has 110 valence electrons. The Kier molecular flexibility index (Phi) is 4.78. The Balaban J connectivity index is 1.82. The van der Waals surface area contributed by atoms with E-state index in [1.165, 1.54) is 0 Å². The number of carbonyl (C=O) groups excluding carboxylic acids is 1. The molecule has 1 fully saturated rings. The molecular weight excluding hydrogens is 254 g/mol. The van der Waals surface area contributed by atoms with Gasteiger partial charge < -0.3 is 15.2 Å². The van der Waals surface area contributed by atoms with Crippen molar-refractivity contribution in [3.8, 4) is 0 Å². The van der Waals surface area contributed by atoms with Crippen LogP contribution in [0.1, 0.15) is 32.3 Å². The summed E-state index contributed by atoms with van der Waals surface area (Å²) in [7, 11) is 0. The highest BCUT2D eigenvalue weighted by Crippen LogP contribution is 2.39. The van der Waals surface area contributed by atoms with E-state index in [1.54, 1.807) is 6.92 Å². The van der Waals surface area contributed by atoms with Crippen molar-refractivity contribution < 1.29 is 14.6 Å². The van der Waals surface area contributed by atoms with E-state index in [2.05, 4.69) is 5.32 Å². The molecule has 1 aromatic rings. The average molecular weight is 277 g/mol. The van der Waals surface area contributed by atoms with Crippen molar-refractivity contribution in [3.63, 3.8) is 0 Å². The number of aliphatic hydroxyl groups excluding tert-OH is 1. The van der Waals surface area contributed by atoms with Gasteiger partial charge in [-0.1, -0.05) is 30.3 Å². The van der Waals surface area contributed by atoms with Gasteiger partial charge in [0.15, 0.2) is 0 Å². The molecule has 4 heteroatoms. The normalized spacial score (nSPS) is 19.1. The van der Waals surface area contributed by atoms with Gasteiger partial charge in [0.25, 0.3) is 0 Å². The molecule has 4 nitrogen and oxygen atoms in total. The van der Waals surface area contributed by atoms with Crippen LogP contribution in [0, 0.1) is 5.92 Å². The fraction of sp³-hybridized carbons (Fsp3) is 0.562. The Bertz CT molecular complexity index is 444. The highest BCUT2D eigenvalue weighted by Gasteiger charge is 2.42. The number of nitrogens with one attached hydrogen (secondary N) is 1. The van der Waals surface area contributed by atoms with Crippen LogP contribution in [0.25, 0.3) is 0 Å². The summed E-state index contributed by atoms with van der Waals surface area (Å²) in [6, 6.07) is 9.76. The third-order valence-corrected chi connectivity index (χ3v) is 3.93. The van der Waals surface area contributed by atoms with E-state index < -0.39 is 11.6 Å². The summed E-state index contributed by atoms with van der Waals surface area (Å²) in [6.45, 7) is 4.01. The molecule has 0 radical (unpaired) electrons. The van der Waals surface area contributed by atoms with Crippen LogP contribution in [0.15, 0.2) is 30.3 Å². The van der Waals surface area contributed by atoms with Crippen molar-refractivity contribution in [3.05, 3.63) is 35.9 Å². The van der Waals surface area contributed by atoms with Gasteiger partial charge in [0.2, 0.25) is 5.91 Å². The second-order valence-corrected chi connectivity index (χ2v) is 5.78. The topological polar surface area (TPSA) is 58.6 Å². The number of amides is 1. The van der Waals surface area contributed by atoms with Crippen molar-refractivity contribution >= 4 is 5.91 Å². The lowest BCUT2D eigenvalue weighted by molar-refractivity contribution is -0.135. The molecule has 1 amide bonds. The Labute approximate surface area is 120 Å². The van der Waals surface area contributed by atoms with Crippen LogP contribution in [0.3, 0.4) is 0 Å². The lowest BCUT2D eigenvalue weighted by atomic mass is 9.96. The molecule has 2 unspecified atom stereocenters. The molecule has 0 heterocycles. The maximum absolute atomic E-state index is 12.1. The number of rotatable bonds is 7. The maximum atomic E-state index is 12.1. The molecule has 1 aliphatic rings. The fourth-order valence-corrected chi connectivity index (χ4v) is 2.25. The van der Waals surface area contributed by atoms with Crippen LogP contribution in [0.4, 0.5) is 0 Å². The molecule has 0 bridgehead atoms. The van der Waals surface area contributed by atoms with E-state index in [4.69, 9.17) is 4.74 Å². The first kappa shape index (κ1) is 15.0. The highest BCUT2D eigenvalue weighted by molar-refractivity contribution is 5.81. The zero-order chi connectivity index (χ0) is 14.6. The number of aliphatic hydroxyl groups is 1. The second-order valence-electron chi connectivity index (χ2n) is 5.78. The minimum atomic E-state index is -0.528. The van der Waals surface area contributed by atoms with Gasteiger partial charge in [0.1, 0.15) is 6.10 Å². The van der Waals surface area contributed by atoms with E-state index in [1.807, 2.05) is 37.3 Å². The number of benzene rings is 1. The first-order valence-electron chi connectivity index (χ1n) is 7.13. The molecular formula is C16H23NO3. The van der Waals surface area contributed by atoms with Crippen molar-refractivity contribution in [1.82, 2.24) is 5.32 Å². The molecule has 2 atom stereocenters. The van der Waals surface area contributed by atoms with Gasteiger partial charge in [-0.3, -0.25) is 4.79 Å². The largest absolute Gasteiger partial charge is 0.394 e. The van der Waals surface area contributed by atoms with Gasteiger partial charge in [-0.05, 0) is 38.2 Å².